The van der Waals surface area contributed by atoms with E-state index >= 15 is 0 Å². The van der Waals surface area contributed by atoms with E-state index in [1.165, 1.54) is 35.6 Å². The number of nitrogens with one attached hydrogen (secondary N) is 1. The summed E-state index contributed by atoms with van der Waals surface area (Å²) in [5, 5.41) is 5.88. The molecule has 0 saturated heterocycles. The first-order chi connectivity index (χ1) is 10.4. The third kappa shape index (κ3) is 4.40. The Morgan fingerprint density at radius 1 is 1.18 bits per heavy atom. The summed E-state index contributed by atoms with van der Waals surface area (Å²) in [7, 11) is -3.28. The Morgan fingerprint density at radius 3 is 2.41 bits per heavy atom. The van der Waals surface area contributed by atoms with Crippen LogP contribution in [0, 0.1) is 0 Å². The summed E-state index contributed by atoms with van der Waals surface area (Å²) in [6.07, 6.45) is 1.10. The van der Waals surface area contributed by atoms with Crippen molar-refractivity contribution in [3.05, 3.63) is 46.7 Å². The zero-order chi connectivity index (χ0) is 16.2. The molecule has 6 nitrogen and oxygen atoms in total. The Hall–Kier alpha value is -2.19. The molecule has 0 aliphatic carbocycles. The highest BCUT2D eigenvalue weighted by Gasteiger charge is 2.11. The normalized spacial score (nSPS) is 11.0. The van der Waals surface area contributed by atoms with Crippen LogP contribution in [0.1, 0.15) is 10.4 Å². The Morgan fingerprint density at radius 2 is 1.86 bits per heavy atom. The van der Waals surface area contributed by atoms with Crippen LogP contribution >= 0.6 is 11.3 Å². The van der Waals surface area contributed by atoms with Gasteiger partial charge in [-0.15, -0.1) is 0 Å². The summed E-state index contributed by atoms with van der Waals surface area (Å²) in [6, 6.07) is 7.32. The number of benzene rings is 1. The molecule has 1 amide bonds. The van der Waals surface area contributed by atoms with Crippen LogP contribution in [0.4, 0.5) is 5.69 Å². The molecule has 0 unspecified atom stereocenters. The van der Waals surface area contributed by atoms with Crippen LogP contribution in [-0.2, 0) is 19.4 Å². The number of hydrogen-bond donors (Lipinski definition) is 1. The molecule has 0 atom stereocenters. The van der Waals surface area contributed by atoms with E-state index in [0.29, 0.717) is 11.3 Å². The molecule has 0 fully saturated rings. The minimum atomic E-state index is -3.28. The largest absolute Gasteiger partial charge is 0.452 e. The number of sulfone groups is 1. The Kier molecular flexibility index (Phi) is 4.94. The number of thiophene rings is 1. The summed E-state index contributed by atoms with van der Waals surface area (Å²) < 4.78 is 27.5. The van der Waals surface area contributed by atoms with Crippen molar-refractivity contribution in [3.63, 3.8) is 0 Å². The molecule has 2 aromatic rings. The number of esters is 1. The van der Waals surface area contributed by atoms with Crippen molar-refractivity contribution < 1.29 is 22.7 Å². The molecule has 0 bridgehead atoms. The van der Waals surface area contributed by atoms with Crippen LogP contribution in [0.15, 0.2) is 46.0 Å². The molecule has 116 valence electrons. The third-order valence-electron chi connectivity index (χ3n) is 2.66. The average Bonchev–Trinajstić information content (AvgIpc) is 2.98. The Balaban J connectivity index is 1.88. The fourth-order valence-corrected chi connectivity index (χ4v) is 2.83. The van der Waals surface area contributed by atoms with E-state index in [1.807, 2.05) is 0 Å². The van der Waals surface area contributed by atoms with Crippen LogP contribution in [0.25, 0.3) is 0 Å². The molecule has 0 spiro atoms. The lowest BCUT2D eigenvalue weighted by Crippen LogP contribution is -2.20. The third-order valence-corrected chi connectivity index (χ3v) is 4.47. The summed E-state index contributed by atoms with van der Waals surface area (Å²) in [4.78, 5) is 23.4. The van der Waals surface area contributed by atoms with Gasteiger partial charge in [-0.3, -0.25) is 4.79 Å². The van der Waals surface area contributed by atoms with Gasteiger partial charge in [-0.25, -0.2) is 13.2 Å². The first-order valence-electron chi connectivity index (χ1n) is 6.15. The highest BCUT2D eigenvalue weighted by atomic mass is 32.2. The second-order valence-corrected chi connectivity index (χ2v) is 7.23. The predicted octanol–water partition coefficient (Wildman–Crippen LogP) is 1.95. The number of rotatable bonds is 5. The highest BCUT2D eigenvalue weighted by Crippen LogP contribution is 2.14. The van der Waals surface area contributed by atoms with Crippen molar-refractivity contribution in [1.29, 1.82) is 0 Å². The molecule has 0 saturated carbocycles. The van der Waals surface area contributed by atoms with Crippen LogP contribution in [-0.4, -0.2) is 33.2 Å². The van der Waals surface area contributed by atoms with Crippen LogP contribution < -0.4 is 5.32 Å². The zero-order valence-electron chi connectivity index (χ0n) is 11.6. The lowest BCUT2D eigenvalue weighted by molar-refractivity contribution is -0.119. The fourth-order valence-electron chi connectivity index (χ4n) is 1.58. The zero-order valence-corrected chi connectivity index (χ0v) is 13.2. The second-order valence-electron chi connectivity index (χ2n) is 4.43. The lowest BCUT2D eigenvalue weighted by atomic mass is 10.3. The van der Waals surface area contributed by atoms with Crippen molar-refractivity contribution in [1.82, 2.24) is 0 Å². The molecule has 8 heteroatoms. The van der Waals surface area contributed by atoms with E-state index in [2.05, 4.69) is 5.32 Å². The molecule has 1 N–H and O–H groups in total. The van der Waals surface area contributed by atoms with E-state index in [-0.39, 0.29) is 4.90 Å². The minimum absolute atomic E-state index is 0.161. The Bertz CT molecular complexity index is 764. The Labute approximate surface area is 131 Å². The highest BCUT2D eigenvalue weighted by molar-refractivity contribution is 7.90. The fraction of sp³-hybridized carbons (Fsp3) is 0.143. The molecule has 1 heterocycles. The van der Waals surface area contributed by atoms with Gasteiger partial charge in [0.15, 0.2) is 16.4 Å². The molecule has 0 radical (unpaired) electrons. The van der Waals surface area contributed by atoms with Crippen molar-refractivity contribution in [2.24, 2.45) is 0 Å². The van der Waals surface area contributed by atoms with Gasteiger partial charge in [-0.05, 0) is 35.7 Å². The monoisotopic (exact) mass is 339 g/mol. The second kappa shape index (κ2) is 6.71. The van der Waals surface area contributed by atoms with Crippen molar-refractivity contribution in [3.8, 4) is 0 Å². The first-order valence-corrected chi connectivity index (χ1v) is 8.99. The molecule has 22 heavy (non-hydrogen) atoms. The molecule has 0 aliphatic rings. The van der Waals surface area contributed by atoms with E-state index in [1.54, 1.807) is 16.8 Å². The van der Waals surface area contributed by atoms with Crippen molar-refractivity contribution >= 4 is 38.7 Å². The quantitative estimate of drug-likeness (QED) is 0.841. The molecule has 1 aromatic heterocycles. The maximum absolute atomic E-state index is 11.7. The van der Waals surface area contributed by atoms with Crippen LogP contribution in [0.2, 0.25) is 0 Å². The number of ether oxygens (including phenoxy) is 1. The number of anilines is 1. The van der Waals surface area contributed by atoms with Gasteiger partial charge >= 0.3 is 5.97 Å². The number of amides is 1. The maximum atomic E-state index is 11.7. The summed E-state index contributed by atoms with van der Waals surface area (Å²) >= 11 is 1.36. The topological polar surface area (TPSA) is 89.5 Å². The van der Waals surface area contributed by atoms with Gasteiger partial charge in [0.25, 0.3) is 5.91 Å². The first kappa shape index (κ1) is 16.2. The van der Waals surface area contributed by atoms with Crippen LogP contribution in [0.3, 0.4) is 0 Å². The predicted molar refractivity (Wildman–Crippen MR) is 82.8 cm³/mol. The van der Waals surface area contributed by atoms with E-state index in [9.17, 15) is 18.0 Å². The van der Waals surface area contributed by atoms with Gasteiger partial charge in [0, 0.05) is 17.3 Å². The molecule has 0 aliphatic heterocycles. The van der Waals surface area contributed by atoms with Gasteiger partial charge in [-0.1, -0.05) is 0 Å². The smallest absolute Gasteiger partial charge is 0.339 e. The SMILES string of the molecule is CS(=O)(=O)c1ccc(NC(=O)COC(=O)c2ccsc2)cc1. The maximum Gasteiger partial charge on any atom is 0.339 e. The van der Waals surface area contributed by atoms with Crippen molar-refractivity contribution in [2.75, 3.05) is 18.2 Å². The number of hydrogen-bond acceptors (Lipinski definition) is 6. The minimum Gasteiger partial charge on any atom is -0.452 e. The summed E-state index contributed by atoms with van der Waals surface area (Å²) in [5.74, 6) is -1.07. The number of carbonyl (C=O) groups is 2. The molecular formula is C14H13NO5S2. The summed E-state index contributed by atoms with van der Waals surface area (Å²) in [6.45, 7) is -0.414. The number of carbonyl (C=O) groups excluding carboxylic acids is 2. The van der Waals surface area contributed by atoms with Gasteiger partial charge in [0.1, 0.15) is 0 Å². The van der Waals surface area contributed by atoms with Gasteiger partial charge < -0.3 is 10.1 Å². The van der Waals surface area contributed by atoms with Gasteiger partial charge in [0.05, 0.1) is 10.5 Å². The van der Waals surface area contributed by atoms with E-state index < -0.39 is 28.3 Å². The van der Waals surface area contributed by atoms with Crippen LogP contribution in [0.5, 0.6) is 0 Å². The van der Waals surface area contributed by atoms with E-state index in [4.69, 9.17) is 4.74 Å². The molecule has 2 rings (SSSR count). The standard InChI is InChI=1S/C14H13NO5S2/c1-22(18,19)12-4-2-11(3-5-12)15-13(16)8-20-14(17)10-6-7-21-9-10/h2-7,9H,8H2,1H3,(H,15,16). The van der Waals surface area contributed by atoms with Gasteiger partial charge in [-0.2, -0.15) is 11.3 Å². The summed E-state index contributed by atoms with van der Waals surface area (Å²) in [5.41, 5.74) is 0.819. The van der Waals surface area contributed by atoms with Gasteiger partial charge in [0.2, 0.25) is 0 Å². The van der Waals surface area contributed by atoms with Crippen molar-refractivity contribution in [2.45, 2.75) is 4.90 Å². The average molecular weight is 339 g/mol. The van der Waals surface area contributed by atoms with E-state index in [0.717, 1.165) is 6.26 Å². The molecule has 1 aromatic carbocycles. The molecular weight excluding hydrogens is 326 g/mol. The lowest BCUT2D eigenvalue weighted by Gasteiger charge is -2.06.